The van der Waals surface area contributed by atoms with Gasteiger partial charge in [0, 0.05) is 38.8 Å². The summed E-state index contributed by atoms with van der Waals surface area (Å²) in [6.45, 7) is 6.96. The molecule has 5 heteroatoms. The maximum atomic E-state index is 4.53. The largest absolute Gasteiger partial charge is 0.339 e. The van der Waals surface area contributed by atoms with Crippen molar-refractivity contribution >= 4 is 5.95 Å². The molecule has 1 aromatic heterocycles. The zero-order valence-corrected chi connectivity index (χ0v) is 16.6. The second-order valence-electron chi connectivity index (χ2n) is 7.49. The third-order valence-corrected chi connectivity index (χ3v) is 5.55. The third kappa shape index (κ3) is 4.42. The molecule has 1 unspecified atom stereocenters. The Morgan fingerprint density at radius 2 is 1.61 bits per heavy atom. The van der Waals surface area contributed by atoms with Crippen molar-refractivity contribution < 1.29 is 0 Å². The summed E-state index contributed by atoms with van der Waals surface area (Å²) in [7, 11) is 0. The molecule has 1 aliphatic heterocycles. The molecule has 3 aromatic rings. The van der Waals surface area contributed by atoms with Crippen molar-refractivity contribution in [3.63, 3.8) is 0 Å². The molecular weight excluding hydrogens is 346 g/mol. The van der Waals surface area contributed by atoms with Gasteiger partial charge in [-0.05, 0) is 30.9 Å². The van der Waals surface area contributed by atoms with E-state index in [9.17, 15) is 0 Å². The number of hydrogen-bond donors (Lipinski definition) is 0. The number of nitrogens with zero attached hydrogens (tertiary/aromatic N) is 5. The number of hydrogen-bond acceptors (Lipinski definition) is 4. The minimum absolute atomic E-state index is 0.496. The zero-order chi connectivity index (χ0) is 19.2. The molecule has 5 nitrogen and oxygen atoms in total. The number of rotatable bonds is 7. The van der Waals surface area contributed by atoms with Crippen LogP contribution in [0, 0.1) is 0 Å². The van der Waals surface area contributed by atoms with Crippen LogP contribution in [0.5, 0.6) is 0 Å². The van der Waals surface area contributed by atoms with Gasteiger partial charge < -0.3 is 4.90 Å². The highest BCUT2D eigenvalue weighted by Crippen LogP contribution is 2.24. The van der Waals surface area contributed by atoms with Gasteiger partial charge in [-0.3, -0.25) is 4.90 Å². The predicted octanol–water partition coefficient (Wildman–Crippen LogP) is 3.97. The Bertz CT molecular complexity index is 804. The zero-order valence-electron chi connectivity index (χ0n) is 16.6. The fourth-order valence-electron chi connectivity index (χ4n) is 4.11. The van der Waals surface area contributed by atoms with E-state index in [1.807, 2.05) is 4.68 Å². The Hall–Kier alpha value is -2.66. The minimum atomic E-state index is 0.496. The van der Waals surface area contributed by atoms with E-state index in [-0.39, 0.29) is 0 Å². The summed E-state index contributed by atoms with van der Waals surface area (Å²) in [6.07, 6.45) is 4.08. The van der Waals surface area contributed by atoms with Crippen LogP contribution in [0.15, 0.2) is 67.0 Å². The van der Waals surface area contributed by atoms with Gasteiger partial charge in [-0.15, -0.1) is 0 Å². The molecule has 2 heterocycles. The average molecular weight is 376 g/mol. The Kier molecular flexibility index (Phi) is 6.02. The van der Waals surface area contributed by atoms with Crippen LogP contribution in [-0.4, -0.2) is 38.8 Å². The molecule has 0 spiro atoms. The second-order valence-corrected chi connectivity index (χ2v) is 7.49. The summed E-state index contributed by atoms with van der Waals surface area (Å²) >= 11 is 0. The first-order valence-corrected chi connectivity index (χ1v) is 10.3. The summed E-state index contributed by atoms with van der Waals surface area (Å²) in [5, 5.41) is 4.37. The Morgan fingerprint density at radius 3 is 2.21 bits per heavy atom. The van der Waals surface area contributed by atoms with Gasteiger partial charge >= 0.3 is 0 Å². The molecule has 1 fully saturated rings. The molecule has 0 N–H and O–H groups in total. The molecule has 0 aliphatic carbocycles. The van der Waals surface area contributed by atoms with Crippen LogP contribution >= 0.6 is 0 Å². The first-order chi connectivity index (χ1) is 13.8. The average Bonchev–Trinajstić information content (AvgIpc) is 3.24. The van der Waals surface area contributed by atoms with Crippen LogP contribution in [0.1, 0.15) is 30.9 Å². The molecular formula is C23H29N5. The highest BCUT2D eigenvalue weighted by Gasteiger charge is 2.27. The van der Waals surface area contributed by atoms with Crippen LogP contribution in [0.2, 0.25) is 0 Å². The highest BCUT2D eigenvalue weighted by molar-refractivity contribution is 5.31. The molecule has 1 aliphatic rings. The van der Waals surface area contributed by atoms with E-state index in [1.165, 1.54) is 24.0 Å². The van der Waals surface area contributed by atoms with Crippen molar-refractivity contribution in [1.29, 1.82) is 0 Å². The number of anilines is 1. The van der Waals surface area contributed by atoms with E-state index in [0.29, 0.717) is 6.04 Å². The van der Waals surface area contributed by atoms with Crippen LogP contribution < -0.4 is 4.90 Å². The molecule has 0 bridgehead atoms. The van der Waals surface area contributed by atoms with Crippen molar-refractivity contribution in [3.05, 3.63) is 78.1 Å². The van der Waals surface area contributed by atoms with Gasteiger partial charge in [0.15, 0.2) is 0 Å². The Labute approximate surface area is 167 Å². The van der Waals surface area contributed by atoms with Gasteiger partial charge in [-0.25, -0.2) is 4.68 Å². The molecule has 146 valence electrons. The molecule has 0 saturated carbocycles. The van der Waals surface area contributed by atoms with Crippen LogP contribution in [-0.2, 0) is 19.6 Å². The van der Waals surface area contributed by atoms with Crippen molar-refractivity contribution in [2.24, 2.45) is 0 Å². The van der Waals surface area contributed by atoms with Crippen LogP contribution in [0.25, 0.3) is 0 Å². The lowest BCUT2D eigenvalue weighted by Gasteiger charge is -2.40. The van der Waals surface area contributed by atoms with E-state index < -0.39 is 0 Å². The summed E-state index contributed by atoms with van der Waals surface area (Å²) in [4.78, 5) is 9.57. The lowest BCUT2D eigenvalue weighted by atomic mass is 10.0. The summed E-state index contributed by atoms with van der Waals surface area (Å²) in [6, 6.07) is 22.1. The number of aryl methyl sites for hydroxylation is 1. The van der Waals surface area contributed by atoms with Gasteiger partial charge in [0.05, 0.1) is 0 Å². The molecule has 2 aromatic carbocycles. The molecule has 4 rings (SSSR count). The van der Waals surface area contributed by atoms with E-state index >= 15 is 0 Å². The molecule has 1 saturated heterocycles. The van der Waals surface area contributed by atoms with E-state index in [4.69, 9.17) is 0 Å². The van der Waals surface area contributed by atoms with Gasteiger partial charge in [0.25, 0.3) is 0 Å². The fourth-order valence-corrected chi connectivity index (χ4v) is 4.11. The SMILES string of the molecule is CCn1ncnc1N1CCCC(N(Cc2ccccc2)Cc2ccccc2)C1. The maximum absolute atomic E-state index is 4.53. The summed E-state index contributed by atoms with van der Waals surface area (Å²) in [5.74, 6) is 1.01. The van der Waals surface area contributed by atoms with Gasteiger partial charge in [-0.1, -0.05) is 60.7 Å². The van der Waals surface area contributed by atoms with Gasteiger partial charge in [0.2, 0.25) is 5.95 Å². The van der Waals surface area contributed by atoms with Crippen molar-refractivity contribution in [2.45, 2.75) is 45.4 Å². The third-order valence-electron chi connectivity index (χ3n) is 5.55. The van der Waals surface area contributed by atoms with Crippen LogP contribution in [0.3, 0.4) is 0 Å². The predicted molar refractivity (Wildman–Crippen MR) is 113 cm³/mol. The van der Waals surface area contributed by atoms with E-state index in [1.54, 1.807) is 6.33 Å². The van der Waals surface area contributed by atoms with E-state index in [2.05, 4.69) is 87.5 Å². The fraction of sp³-hybridized carbons (Fsp3) is 0.391. The second kappa shape index (κ2) is 9.02. The highest BCUT2D eigenvalue weighted by atomic mass is 15.4. The first-order valence-electron chi connectivity index (χ1n) is 10.3. The standard InChI is InChI=1S/C23H29N5/c1-2-28-23(24-19-25-28)26-15-9-14-22(18-26)27(16-20-10-5-3-6-11-20)17-21-12-7-4-8-13-21/h3-8,10-13,19,22H,2,9,14-18H2,1H3. The topological polar surface area (TPSA) is 37.2 Å². The van der Waals surface area contributed by atoms with E-state index in [0.717, 1.165) is 38.7 Å². The minimum Gasteiger partial charge on any atom is -0.339 e. The van der Waals surface area contributed by atoms with Gasteiger partial charge in [0.1, 0.15) is 6.33 Å². The van der Waals surface area contributed by atoms with Crippen molar-refractivity contribution in [1.82, 2.24) is 19.7 Å². The number of piperidine rings is 1. The van der Waals surface area contributed by atoms with Gasteiger partial charge in [-0.2, -0.15) is 10.1 Å². The summed E-state index contributed by atoms with van der Waals surface area (Å²) in [5.41, 5.74) is 2.74. The van der Waals surface area contributed by atoms with Crippen molar-refractivity contribution in [2.75, 3.05) is 18.0 Å². The lowest BCUT2D eigenvalue weighted by Crippen LogP contribution is -2.48. The lowest BCUT2D eigenvalue weighted by molar-refractivity contribution is 0.158. The Balaban J connectivity index is 1.54. The molecule has 1 atom stereocenters. The number of benzene rings is 2. The monoisotopic (exact) mass is 375 g/mol. The normalized spacial score (nSPS) is 17.2. The number of aromatic nitrogens is 3. The smallest absolute Gasteiger partial charge is 0.223 e. The first kappa shape index (κ1) is 18.7. The molecule has 0 amide bonds. The van der Waals surface area contributed by atoms with Crippen LogP contribution in [0.4, 0.5) is 5.95 Å². The summed E-state index contributed by atoms with van der Waals surface area (Å²) < 4.78 is 2.00. The molecule has 0 radical (unpaired) electrons. The molecule has 28 heavy (non-hydrogen) atoms. The van der Waals surface area contributed by atoms with Crippen molar-refractivity contribution in [3.8, 4) is 0 Å². The quantitative estimate of drug-likeness (QED) is 0.626. The maximum Gasteiger partial charge on any atom is 0.223 e. The Morgan fingerprint density at radius 1 is 0.964 bits per heavy atom.